The summed E-state index contributed by atoms with van der Waals surface area (Å²) in [4.78, 5) is 10.6. The fourth-order valence-corrected chi connectivity index (χ4v) is 1.98. The molecule has 0 aliphatic carbocycles. The van der Waals surface area contributed by atoms with E-state index in [9.17, 15) is 4.79 Å². The van der Waals surface area contributed by atoms with Crippen molar-refractivity contribution in [2.75, 3.05) is 11.1 Å². The summed E-state index contributed by atoms with van der Waals surface area (Å²) in [5, 5.41) is 1.34. The van der Waals surface area contributed by atoms with E-state index in [2.05, 4.69) is 15.9 Å². The molecule has 1 rings (SSSR count). The summed E-state index contributed by atoms with van der Waals surface area (Å²) in [5.74, 6) is 1.42. The highest BCUT2D eigenvalue weighted by atomic mass is 79.9. The monoisotopic (exact) mass is 194 g/mol. The zero-order chi connectivity index (χ0) is 5.98. The zero-order valence-electron chi connectivity index (χ0n) is 4.39. The van der Waals surface area contributed by atoms with Crippen molar-refractivity contribution >= 4 is 32.8 Å². The highest BCUT2D eigenvalue weighted by Crippen LogP contribution is 2.29. The smallest absolute Gasteiger partial charge is 0.192 e. The van der Waals surface area contributed by atoms with E-state index < -0.39 is 0 Å². The minimum absolute atomic E-state index is 0.374. The molecule has 3 heteroatoms. The molecule has 1 fully saturated rings. The van der Waals surface area contributed by atoms with Gasteiger partial charge in [0, 0.05) is 17.0 Å². The topological polar surface area (TPSA) is 17.1 Å². The molecule has 0 aromatic heterocycles. The zero-order valence-corrected chi connectivity index (χ0v) is 6.80. The summed E-state index contributed by atoms with van der Waals surface area (Å²) in [5.41, 5.74) is 0. The number of hydrogen-bond acceptors (Lipinski definition) is 2. The third kappa shape index (κ3) is 1.26. The van der Waals surface area contributed by atoms with E-state index in [0.717, 1.165) is 17.5 Å². The van der Waals surface area contributed by atoms with Crippen molar-refractivity contribution in [3.8, 4) is 0 Å². The molecule has 46 valence electrons. The van der Waals surface area contributed by atoms with Gasteiger partial charge in [-0.3, -0.25) is 4.79 Å². The predicted octanol–water partition coefficient (Wildman–Crippen LogP) is 1.66. The molecule has 0 amide bonds. The molecule has 0 spiro atoms. The van der Waals surface area contributed by atoms with Crippen LogP contribution in [-0.2, 0) is 4.79 Å². The van der Waals surface area contributed by atoms with Crippen molar-refractivity contribution in [3.63, 3.8) is 0 Å². The van der Waals surface area contributed by atoms with Crippen LogP contribution < -0.4 is 0 Å². The Labute approximate surface area is 61.3 Å². The molecular weight excluding hydrogens is 188 g/mol. The molecule has 1 aliphatic heterocycles. The third-order valence-electron chi connectivity index (χ3n) is 1.22. The van der Waals surface area contributed by atoms with E-state index in [1.165, 1.54) is 11.8 Å². The Hall–Kier alpha value is 0.500. The molecule has 1 saturated heterocycles. The van der Waals surface area contributed by atoms with E-state index in [1.807, 2.05) is 0 Å². The van der Waals surface area contributed by atoms with E-state index in [0.29, 0.717) is 11.0 Å². The average Bonchev–Trinajstić information content (AvgIpc) is 1.79. The van der Waals surface area contributed by atoms with Crippen molar-refractivity contribution in [2.45, 2.75) is 6.42 Å². The number of alkyl halides is 1. The molecule has 0 aromatic carbocycles. The molecule has 0 aromatic rings. The number of carbonyl (C=O) groups excluding carboxylic acids is 1. The molecule has 1 nitrogen and oxygen atoms in total. The minimum atomic E-state index is 0.374. The summed E-state index contributed by atoms with van der Waals surface area (Å²) in [6.07, 6.45) is 1.02. The van der Waals surface area contributed by atoms with Gasteiger partial charge < -0.3 is 0 Å². The lowest BCUT2D eigenvalue weighted by molar-refractivity contribution is -0.115. The van der Waals surface area contributed by atoms with E-state index >= 15 is 0 Å². The summed E-state index contributed by atoms with van der Waals surface area (Å²) in [7, 11) is 0. The minimum Gasteiger partial charge on any atom is -0.287 e. The van der Waals surface area contributed by atoms with Gasteiger partial charge in [-0.2, -0.15) is 0 Å². The van der Waals surface area contributed by atoms with Gasteiger partial charge in [-0.25, -0.2) is 0 Å². The summed E-state index contributed by atoms with van der Waals surface area (Å²) in [6, 6.07) is 0. The lowest BCUT2D eigenvalue weighted by Crippen LogP contribution is -2.24. The molecule has 0 radical (unpaired) electrons. The van der Waals surface area contributed by atoms with Crippen LogP contribution in [0.3, 0.4) is 0 Å². The Morgan fingerprint density at radius 3 is 2.75 bits per heavy atom. The maximum Gasteiger partial charge on any atom is 0.192 e. The van der Waals surface area contributed by atoms with Crippen molar-refractivity contribution in [1.82, 2.24) is 0 Å². The molecule has 0 bridgehead atoms. The number of carbonyl (C=O) groups is 1. The lowest BCUT2D eigenvalue weighted by Gasteiger charge is -2.21. The van der Waals surface area contributed by atoms with Crippen molar-refractivity contribution in [1.29, 1.82) is 0 Å². The van der Waals surface area contributed by atoms with Gasteiger partial charge in [-0.05, 0) is 6.42 Å². The van der Waals surface area contributed by atoms with E-state index in [4.69, 9.17) is 0 Å². The molecule has 1 unspecified atom stereocenters. The molecule has 1 heterocycles. The van der Waals surface area contributed by atoms with Crippen LogP contribution in [0.25, 0.3) is 0 Å². The summed E-state index contributed by atoms with van der Waals surface area (Å²) < 4.78 is 0. The second-order valence-electron chi connectivity index (χ2n) is 1.80. The third-order valence-corrected chi connectivity index (χ3v) is 2.86. The molecule has 0 saturated carbocycles. The molecule has 1 aliphatic rings. The van der Waals surface area contributed by atoms with Crippen molar-refractivity contribution in [3.05, 3.63) is 0 Å². The van der Waals surface area contributed by atoms with Crippen LogP contribution in [0.1, 0.15) is 6.42 Å². The average molecular weight is 195 g/mol. The normalized spacial score (nSPS) is 27.6. The first-order chi connectivity index (χ1) is 3.84. The molecule has 1 atom stereocenters. The van der Waals surface area contributed by atoms with Gasteiger partial charge in [0.2, 0.25) is 0 Å². The Morgan fingerprint density at radius 2 is 2.62 bits per heavy atom. The Morgan fingerprint density at radius 1 is 1.88 bits per heavy atom. The predicted molar refractivity (Wildman–Crippen MR) is 39.4 cm³/mol. The molecular formula is C5H7BrOS. The standard InChI is InChI=1S/C5H7BrOS/c6-2-1-4-3-8-5(4)7/h4H,1-3H2. The van der Waals surface area contributed by atoms with Crippen LogP contribution in [0.2, 0.25) is 0 Å². The van der Waals surface area contributed by atoms with Gasteiger partial charge in [-0.15, -0.1) is 0 Å². The SMILES string of the molecule is O=C1SCC1CCBr. The van der Waals surface area contributed by atoms with Crippen molar-refractivity contribution < 1.29 is 4.79 Å². The van der Waals surface area contributed by atoms with E-state index in [-0.39, 0.29) is 0 Å². The number of halogens is 1. The van der Waals surface area contributed by atoms with Crippen LogP contribution in [0.5, 0.6) is 0 Å². The number of rotatable bonds is 2. The first-order valence-corrected chi connectivity index (χ1v) is 4.68. The first-order valence-electron chi connectivity index (χ1n) is 2.57. The van der Waals surface area contributed by atoms with Gasteiger partial charge in [0.05, 0.1) is 0 Å². The second-order valence-corrected chi connectivity index (χ2v) is 3.62. The lowest BCUT2D eigenvalue weighted by atomic mass is 10.1. The van der Waals surface area contributed by atoms with Gasteiger partial charge in [0.15, 0.2) is 5.12 Å². The Kier molecular flexibility index (Phi) is 2.38. The second kappa shape index (κ2) is 2.87. The summed E-state index contributed by atoms with van der Waals surface area (Å²) >= 11 is 4.74. The van der Waals surface area contributed by atoms with Gasteiger partial charge in [0.1, 0.15) is 0 Å². The van der Waals surface area contributed by atoms with Crippen LogP contribution in [-0.4, -0.2) is 16.2 Å². The molecule has 8 heavy (non-hydrogen) atoms. The largest absolute Gasteiger partial charge is 0.287 e. The summed E-state index contributed by atoms with van der Waals surface area (Å²) in [6.45, 7) is 0. The van der Waals surface area contributed by atoms with Crippen LogP contribution >= 0.6 is 27.7 Å². The van der Waals surface area contributed by atoms with Gasteiger partial charge in [-0.1, -0.05) is 27.7 Å². The maximum absolute atomic E-state index is 10.6. The van der Waals surface area contributed by atoms with Crippen LogP contribution in [0.4, 0.5) is 0 Å². The highest BCUT2D eigenvalue weighted by Gasteiger charge is 2.27. The first kappa shape index (κ1) is 6.62. The Bertz CT molecular complexity index is 105. The quantitative estimate of drug-likeness (QED) is 0.623. The van der Waals surface area contributed by atoms with Gasteiger partial charge >= 0.3 is 0 Å². The van der Waals surface area contributed by atoms with Gasteiger partial charge in [0.25, 0.3) is 0 Å². The fraction of sp³-hybridized carbons (Fsp3) is 0.800. The maximum atomic E-state index is 10.6. The number of hydrogen-bond donors (Lipinski definition) is 0. The highest BCUT2D eigenvalue weighted by molar-refractivity contribution is 9.09. The van der Waals surface area contributed by atoms with Crippen LogP contribution in [0.15, 0.2) is 0 Å². The fourth-order valence-electron chi connectivity index (χ4n) is 0.602. The van der Waals surface area contributed by atoms with E-state index in [1.54, 1.807) is 0 Å². The number of thioether (sulfide) groups is 1. The Balaban J connectivity index is 2.17. The van der Waals surface area contributed by atoms with Crippen LogP contribution in [0, 0.1) is 5.92 Å². The molecule has 0 N–H and O–H groups in total. The van der Waals surface area contributed by atoms with Crippen molar-refractivity contribution in [2.24, 2.45) is 5.92 Å².